The minimum atomic E-state index is -4.72. The van der Waals surface area contributed by atoms with Gasteiger partial charge in [-0.15, -0.1) is 4.91 Å². The highest BCUT2D eigenvalue weighted by molar-refractivity contribution is 7.94. The molecular formula is C20H17F4N5O2S. The van der Waals surface area contributed by atoms with E-state index in [-0.39, 0.29) is 24.0 Å². The van der Waals surface area contributed by atoms with Crippen LogP contribution in [0, 0.1) is 4.91 Å². The minimum absolute atomic E-state index is 0.168. The maximum Gasteiger partial charge on any atom is 0.471 e. The van der Waals surface area contributed by atoms with Crippen molar-refractivity contribution < 1.29 is 21.6 Å². The van der Waals surface area contributed by atoms with Crippen molar-refractivity contribution in [1.29, 1.82) is 0 Å². The second-order valence-corrected chi connectivity index (χ2v) is 7.92. The summed E-state index contributed by atoms with van der Waals surface area (Å²) in [7, 11) is 0. The first-order chi connectivity index (χ1) is 15.4. The molecule has 168 valence electrons. The van der Waals surface area contributed by atoms with E-state index in [4.69, 9.17) is 0 Å². The molecule has 1 aliphatic heterocycles. The molecule has 0 radical (unpaired) electrons. The highest BCUT2D eigenvalue weighted by Crippen LogP contribution is 2.31. The second kappa shape index (κ2) is 9.25. The van der Waals surface area contributed by atoms with E-state index in [1.165, 1.54) is 17.1 Å². The molecule has 1 atom stereocenters. The summed E-state index contributed by atoms with van der Waals surface area (Å²) in [6, 6.07) is 13.2. The number of rotatable bonds is 7. The fraction of sp³-hybridized carbons (Fsp3) is 0.300. The molecule has 0 N–H and O–H groups in total. The SMILES string of the molecule is O=NN(c1ccc(-c2noc(C(F)(F)F)n2)cc1)C1CCN(Cc2cccc(SF)c2)C1. The maximum atomic E-state index is 12.8. The molecule has 0 spiro atoms. The van der Waals surface area contributed by atoms with E-state index in [0.717, 1.165) is 12.1 Å². The number of nitroso groups, excluding NO2 is 1. The van der Waals surface area contributed by atoms with Crippen LogP contribution in [0.4, 0.5) is 22.7 Å². The van der Waals surface area contributed by atoms with Crippen LogP contribution < -0.4 is 5.01 Å². The van der Waals surface area contributed by atoms with Gasteiger partial charge in [-0.25, -0.2) is 5.01 Å². The van der Waals surface area contributed by atoms with Gasteiger partial charge >= 0.3 is 12.1 Å². The van der Waals surface area contributed by atoms with Crippen molar-refractivity contribution in [2.24, 2.45) is 5.29 Å². The third-order valence-electron chi connectivity index (χ3n) is 5.13. The number of halogens is 4. The van der Waals surface area contributed by atoms with E-state index in [9.17, 15) is 22.0 Å². The van der Waals surface area contributed by atoms with Gasteiger partial charge in [0.1, 0.15) is 0 Å². The second-order valence-electron chi connectivity index (χ2n) is 7.30. The highest BCUT2D eigenvalue weighted by Gasteiger charge is 2.38. The number of hydrogen-bond donors (Lipinski definition) is 0. The van der Waals surface area contributed by atoms with E-state index in [1.807, 2.05) is 6.07 Å². The Morgan fingerprint density at radius 2 is 2.00 bits per heavy atom. The molecule has 0 bridgehead atoms. The Labute approximate surface area is 184 Å². The Hall–Kier alpha value is -2.99. The van der Waals surface area contributed by atoms with E-state index in [2.05, 4.69) is 24.8 Å². The van der Waals surface area contributed by atoms with Crippen LogP contribution in [0.3, 0.4) is 0 Å². The van der Waals surface area contributed by atoms with Crippen LogP contribution in [-0.4, -0.2) is 34.2 Å². The van der Waals surface area contributed by atoms with Gasteiger partial charge in [0, 0.05) is 30.1 Å². The van der Waals surface area contributed by atoms with Crippen molar-refractivity contribution in [3.63, 3.8) is 0 Å². The van der Waals surface area contributed by atoms with Gasteiger partial charge in [-0.05, 0) is 48.4 Å². The molecule has 1 unspecified atom stereocenters. The van der Waals surface area contributed by atoms with Gasteiger partial charge in [-0.1, -0.05) is 17.3 Å². The third kappa shape index (κ3) is 4.91. The molecule has 1 aliphatic rings. The molecule has 4 rings (SSSR count). The van der Waals surface area contributed by atoms with Crippen molar-refractivity contribution in [2.45, 2.75) is 30.1 Å². The van der Waals surface area contributed by atoms with Gasteiger partial charge in [-0.2, -0.15) is 22.0 Å². The zero-order chi connectivity index (χ0) is 22.7. The number of nitrogens with zero attached hydrogens (tertiary/aromatic N) is 5. The van der Waals surface area contributed by atoms with Gasteiger partial charge in [-0.3, -0.25) is 4.90 Å². The van der Waals surface area contributed by atoms with Crippen LogP contribution in [-0.2, 0) is 12.7 Å². The van der Waals surface area contributed by atoms with Gasteiger partial charge in [0.05, 0.1) is 29.2 Å². The molecular weight excluding hydrogens is 450 g/mol. The normalized spacial score (nSPS) is 16.9. The molecule has 2 heterocycles. The lowest BCUT2D eigenvalue weighted by Crippen LogP contribution is -2.33. The largest absolute Gasteiger partial charge is 0.471 e. The fourth-order valence-electron chi connectivity index (χ4n) is 3.65. The molecule has 0 amide bonds. The number of likely N-dealkylation sites (tertiary alicyclic amines) is 1. The molecule has 1 fully saturated rings. The average Bonchev–Trinajstić information content (AvgIpc) is 3.45. The Bertz CT molecular complexity index is 1080. The molecule has 7 nitrogen and oxygen atoms in total. The molecule has 0 saturated carbocycles. The number of aromatic nitrogens is 2. The van der Waals surface area contributed by atoms with E-state index in [1.54, 1.807) is 30.3 Å². The van der Waals surface area contributed by atoms with Gasteiger partial charge in [0.25, 0.3) is 0 Å². The van der Waals surface area contributed by atoms with Crippen molar-refractivity contribution in [1.82, 2.24) is 15.0 Å². The average molecular weight is 467 g/mol. The van der Waals surface area contributed by atoms with Crippen LogP contribution in [0.25, 0.3) is 11.4 Å². The Kier molecular flexibility index (Phi) is 6.42. The highest BCUT2D eigenvalue weighted by atomic mass is 32.2. The van der Waals surface area contributed by atoms with E-state index < -0.39 is 12.1 Å². The van der Waals surface area contributed by atoms with Crippen LogP contribution in [0.1, 0.15) is 17.9 Å². The van der Waals surface area contributed by atoms with Crippen LogP contribution in [0.5, 0.6) is 0 Å². The predicted octanol–water partition coefficient (Wildman–Crippen LogP) is 5.49. The molecule has 0 aliphatic carbocycles. The zero-order valence-electron chi connectivity index (χ0n) is 16.5. The summed E-state index contributed by atoms with van der Waals surface area (Å²) >= 11 is 0.196. The van der Waals surface area contributed by atoms with Crippen LogP contribution >= 0.6 is 12.1 Å². The van der Waals surface area contributed by atoms with Crippen molar-refractivity contribution in [3.8, 4) is 11.4 Å². The molecule has 3 aromatic rings. The summed E-state index contributed by atoms with van der Waals surface area (Å²) in [4.78, 5) is 17.6. The van der Waals surface area contributed by atoms with E-state index in [0.29, 0.717) is 35.7 Å². The standard InChI is InChI=1S/C20H17F4N5O2S/c21-20(22,23)19-25-18(26-31-19)14-4-6-15(7-5-14)29(27-30)16-8-9-28(12-16)11-13-2-1-3-17(10-13)32-24/h1-7,10,16H,8-9,11-12H2. The Balaban J connectivity index is 1.42. The smallest absolute Gasteiger partial charge is 0.329 e. The number of benzene rings is 2. The van der Waals surface area contributed by atoms with E-state index >= 15 is 0 Å². The van der Waals surface area contributed by atoms with Gasteiger partial charge in [0.2, 0.25) is 5.82 Å². The van der Waals surface area contributed by atoms with Gasteiger partial charge < -0.3 is 4.52 Å². The lowest BCUT2D eigenvalue weighted by molar-refractivity contribution is -0.159. The zero-order valence-corrected chi connectivity index (χ0v) is 17.3. The minimum Gasteiger partial charge on any atom is -0.329 e. The first-order valence-corrected chi connectivity index (χ1v) is 10.3. The molecule has 1 aromatic heterocycles. The van der Waals surface area contributed by atoms with Crippen LogP contribution in [0.2, 0.25) is 0 Å². The predicted molar refractivity (Wildman–Crippen MR) is 110 cm³/mol. The molecule has 1 saturated heterocycles. The first-order valence-electron chi connectivity index (χ1n) is 9.61. The topological polar surface area (TPSA) is 74.8 Å². The summed E-state index contributed by atoms with van der Waals surface area (Å²) in [5.41, 5.74) is 1.80. The monoisotopic (exact) mass is 467 g/mol. The Morgan fingerprint density at radius 3 is 2.66 bits per heavy atom. The molecule has 12 heteroatoms. The number of hydrogen-bond acceptors (Lipinski definition) is 7. The summed E-state index contributed by atoms with van der Waals surface area (Å²) in [6.45, 7) is 1.95. The summed E-state index contributed by atoms with van der Waals surface area (Å²) in [5.74, 6) is -1.62. The van der Waals surface area contributed by atoms with Crippen molar-refractivity contribution in [2.75, 3.05) is 18.1 Å². The van der Waals surface area contributed by atoms with Crippen molar-refractivity contribution in [3.05, 3.63) is 64.9 Å². The molecule has 32 heavy (non-hydrogen) atoms. The molecule has 2 aromatic carbocycles. The quantitative estimate of drug-likeness (QED) is 0.258. The summed E-state index contributed by atoms with van der Waals surface area (Å²) in [5, 5.41) is 7.86. The lowest BCUT2D eigenvalue weighted by Gasteiger charge is -2.23. The summed E-state index contributed by atoms with van der Waals surface area (Å²) < 4.78 is 55.0. The maximum absolute atomic E-state index is 12.8. The van der Waals surface area contributed by atoms with Crippen molar-refractivity contribution >= 4 is 17.8 Å². The summed E-state index contributed by atoms with van der Waals surface area (Å²) in [6.07, 6.45) is -4.02. The van der Waals surface area contributed by atoms with Gasteiger partial charge in [0.15, 0.2) is 0 Å². The number of alkyl halides is 3. The first kappa shape index (κ1) is 22.2. The fourth-order valence-corrected chi connectivity index (χ4v) is 3.98. The van der Waals surface area contributed by atoms with Crippen LogP contribution in [0.15, 0.2) is 63.2 Å². The Morgan fingerprint density at radius 1 is 1.22 bits per heavy atom. The number of anilines is 1. The third-order valence-corrected chi connectivity index (χ3v) is 5.57. The lowest BCUT2D eigenvalue weighted by atomic mass is 10.1.